The molecule has 0 aliphatic carbocycles. The van der Waals surface area contributed by atoms with Gasteiger partial charge in [-0.25, -0.2) is 4.98 Å². The van der Waals surface area contributed by atoms with Crippen LogP contribution in [0.5, 0.6) is 0 Å². The summed E-state index contributed by atoms with van der Waals surface area (Å²) < 4.78 is 0. The Labute approximate surface area is 163 Å². The van der Waals surface area contributed by atoms with Crippen molar-refractivity contribution in [2.45, 2.75) is 27.3 Å². The molecule has 142 valence electrons. The number of hydrogen-bond donors (Lipinski definition) is 1. The van der Waals surface area contributed by atoms with Crippen molar-refractivity contribution >= 4 is 21.6 Å². The van der Waals surface area contributed by atoms with Crippen molar-refractivity contribution in [3.63, 3.8) is 0 Å². The van der Waals surface area contributed by atoms with Gasteiger partial charge in [0.05, 0.1) is 11.9 Å². The minimum atomic E-state index is -0.0309. The van der Waals surface area contributed by atoms with Gasteiger partial charge in [0.15, 0.2) is 0 Å². The van der Waals surface area contributed by atoms with E-state index in [1.807, 2.05) is 0 Å². The summed E-state index contributed by atoms with van der Waals surface area (Å²) in [6.07, 6.45) is 0. The number of aromatic amines is 1. The second-order valence-electron chi connectivity index (χ2n) is 7.35. The third kappa shape index (κ3) is 3.70. The van der Waals surface area contributed by atoms with Crippen LogP contribution in [0.4, 0.5) is 0 Å². The van der Waals surface area contributed by atoms with Gasteiger partial charge in [-0.1, -0.05) is 25.1 Å². The van der Waals surface area contributed by atoms with Crippen LogP contribution in [-0.2, 0) is 6.54 Å². The first kappa shape index (κ1) is 18.3. The molecule has 0 amide bonds. The smallest absolute Gasteiger partial charge is 0.260 e. The number of piperazine rings is 1. The van der Waals surface area contributed by atoms with Crippen LogP contribution in [0, 0.1) is 13.8 Å². The first-order valence-electron chi connectivity index (χ1n) is 9.58. The van der Waals surface area contributed by atoms with Crippen LogP contribution in [0.25, 0.3) is 21.3 Å². The van der Waals surface area contributed by atoms with Gasteiger partial charge in [0, 0.05) is 37.1 Å². The highest BCUT2D eigenvalue weighted by atomic mass is 32.1. The van der Waals surface area contributed by atoms with E-state index in [1.54, 1.807) is 11.3 Å². The fourth-order valence-corrected chi connectivity index (χ4v) is 4.63. The number of fused-ring (bicyclic) bond motifs is 1. The monoisotopic (exact) mass is 382 g/mol. The zero-order valence-corrected chi connectivity index (χ0v) is 17.0. The number of H-pyrrole nitrogens is 1. The fourth-order valence-electron chi connectivity index (χ4n) is 3.67. The van der Waals surface area contributed by atoms with E-state index in [0.717, 1.165) is 54.5 Å². The predicted molar refractivity (Wildman–Crippen MR) is 113 cm³/mol. The summed E-state index contributed by atoms with van der Waals surface area (Å²) in [5.74, 6) is 0.769. The van der Waals surface area contributed by atoms with Gasteiger partial charge in [-0.3, -0.25) is 9.69 Å². The Balaban J connectivity index is 1.62. The summed E-state index contributed by atoms with van der Waals surface area (Å²) in [6, 6.07) is 6.35. The first-order chi connectivity index (χ1) is 13.0. The lowest BCUT2D eigenvalue weighted by molar-refractivity contribution is 0.129. The van der Waals surface area contributed by atoms with Crippen LogP contribution in [0.15, 0.2) is 28.4 Å². The third-order valence-electron chi connectivity index (χ3n) is 5.60. The van der Waals surface area contributed by atoms with Crippen molar-refractivity contribution in [3.05, 3.63) is 50.9 Å². The Morgan fingerprint density at radius 1 is 1.11 bits per heavy atom. The van der Waals surface area contributed by atoms with Crippen LogP contribution in [-0.4, -0.2) is 52.5 Å². The maximum Gasteiger partial charge on any atom is 0.260 e. The molecule has 1 aromatic carbocycles. The van der Waals surface area contributed by atoms with E-state index >= 15 is 0 Å². The minimum absolute atomic E-state index is 0.0309. The molecule has 27 heavy (non-hydrogen) atoms. The Kier molecular flexibility index (Phi) is 5.12. The van der Waals surface area contributed by atoms with E-state index in [4.69, 9.17) is 4.98 Å². The largest absolute Gasteiger partial charge is 0.309 e. The normalized spacial score (nSPS) is 16.3. The maximum atomic E-state index is 12.8. The van der Waals surface area contributed by atoms with Gasteiger partial charge in [-0.2, -0.15) is 0 Å². The second-order valence-corrected chi connectivity index (χ2v) is 8.21. The molecule has 2 aromatic heterocycles. The van der Waals surface area contributed by atoms with Crippen molar-refractivity contribution < 1.29 is 0 Å². The molecule has 1 N–H and O–H groups in total. The number of benzene rings is 1. The number of nitrogens with zero attached hydrogens (tertiary/aromatic N) is 3. The maximum absolute atomic E-state index is 12.8. The molecule has 0 saturated carbocycles. The summed E-state index contributed by atoms with van der Waals surface area (Å²) in [5, 5.41) is 2.77. The highest BCUT2D eigenvalue weighted by Gasteiger charge is 2.18. The van der Waals surface area contributed by atoms with Gasteiger partial charge in [0.1, 0.15) is 10.7 Å². The summed E-state index contributed by atoms with van der Waals surface area (Å²) in [5.41, 5.74) is 4.53. The molecular formula is C21H26N4OS. The molecule has 0 atom stereocenters. The van der Waals surface area contributed by atoms with Crippen LogP contribution >= 0.6 is 11.3 Å². The molecule has 1 aliphatic rings. The van der Waals surface area contributed by atoms with E-state index in [1.165, 1.54) is 11.1 Å². The van der Waals surface area contributed by atoms with Crippen molar-refractivity contribution in [1.82, 2.24) is 19.8 Å². The fraction of sp³-hybridized carbons (Fsp3) is 0.429. The van der Waals surface area contributed by atoms with Gasteiger partial charge in [0.25, 0.3) is 5.56 Å². The number of hydrogen-bond acceptors (Lipinski definition) is 5. The lowest BCUT2D eigenvalue weighted by atomic mass is 10.0. The molecule has 0 unspecified atom stereocenters. The van der Waals surface area contributed by atoms with Crippen LogP contribution in [0.3, 0.4) is 0 Å². The Morgan fingerprint density at radius 2 is 1.85 bits per heavy atom. The zero-order valence-electron chi connectivity index (χ0n) is 16.2. The van der Waals surface area contributed by atoms with E-state index in [9.17, 15) is 4.79 Å². The summed E-state index contributed by atoms with van der Waals surface area (Å²) >= 11 is 1.56. The molecule has 1 saturated heterocycles. The topological polar surface area (TPSA) is 52.2 Å². The summed E-state index contributed by atoms with van der Waals surface area (Å²) in [6.45, 7) is 12.4. The molecule has 0 bridgehead atoms. The van der Waals surface area contributed by atoms with Gasteiger partial charge in [0.2, 0.25) is 0 Å². The summed E-state index contributed by atoms with van der Waals surface area (Å²) in [4.78, 5) is 26.3. The molecule has 4 rings (SSSR count). The molecule has 3 aromatic rings. The second kappa shape index (κ2) is 7.54. The average molecular weight is 383 g/mol. The number of likely N-dealkylation sites (N-methyl/N-ethyl adjacent to an activating group) is 1. The van der Waals surface area contributed by atoms with E-state index in [2.05, 4.69) is 59.1 Å². The molecule has 0 radical (unpaired) electrons. The number of aromatic nitrogens is 2. The number of rotatable bonds is 4. The summed E-state index contributed by atoms with van der Waals surface area (Å²) in [7, 11) is 0. The van der Waals surface area contributed by atoms with E-state index < -0.39 is 0 Å². The standard InChI is InChI=1S/C21H26N4OS/c1-4-24-7-9-25(10-8-24)12-18-22-20(26)19-17(13-27-21(19)23-18)16-6-5-14(2)15(3)11-16/h5-6,11,13H,4,7-10,12H2,1-3H3,(H,22,23,26). The molecule has 3 heterocycles. The van der Waals surface area contributed by atoms with E-state index in [0.29, 0.717) is 11.9 Å². The van der Waals surface area contributed by atoms with Crippen LogP contribution in [0.2, 0.25) is 0 Å². The van der Waals surface area contributed by atoms with Gasteiger partial charge < -0.3 is 9.88 Å². The zero-order chi connectivity index (χ0) is 19.0. The predicted octanol–water partition coefficient (Wildman–Crippen LogP) is 3.41. The van der Waals surface area contributed by atoms with Crippen LogP contribution in [0.1, 0.15) is 23.9 Å². The van der Waals surface area contributed by atoms with Crippen molar-refractivity contribution in [2.24, 2.45) is 0 Å². The first-order valence-corrected chi connectivity index (χ1v) is 10.5. The Bertz CT molecular complexity index is 1010. The Hall–Kier alpha value is -2.02. The molecule has 0 spiro atoms. The van der Waals surface area contributed by atoms with Crippen molar-refractivity contribution in [1.29, 1.82) is 0 Å². The number of thiophene rings is 1. The molecule has 1 aliphatic heterocycles. The van der Waals surface area contributed by atoms with E-state index in [-0.39, 0.29) is 5.56 Å². The molecular weight excluding hydrogens is 356 g/mol. The lowest BCUT2D eigenvalue weighted by Crippen LogP contribution is -2.45. The SMILES string of the molecule is CCN1CCN(Cc2nc3scc(-c4ccc(C)c(C)c4)c3c(=O)[nH]2)CC1. The third-order valence-corrected chi connectivity index (χ3v) is 6.47. The molecule has 5 nitrogen and oxygen atoms in total. The highest BCUT2D eigenvalue weighted by Crippen LogP contribution is 2.31. The van der Waals surface area contributed by atoms with Crippen molar-refractivity contribution in [2.75, 3.05) is 32.7 Å². The molecule has 1 fully saturated rings. The number of nitrogens with one attached hydrogen (secondary N) is 1. The van der Waals surface area contributed by atoms with Gasteiger partial charge in [-0.15, -0.1) is 11.3 Å². The van der Waals surface area contributed by atoms with Crippen LogP contribution < -0.4 is 5.56 Å². The minimum Gasteiger partial charge on any atom is -0.309 e. The lowest BCUT2D eigenvalue weighted by Gasteiger charge is -2.33. The quantitative estimate of drug-likeness (QED) is 0.751. The van der Waals surface area contributed by atoms with Crippen molar-refractivity contribution in [3.8, 4) is 11.1 Å². The Morgan fingerprint density at radius 3 is 2.56 bits per heavy atom. The molecule has 6 heteroatoms. The number of aryl methyl sites for hydroxylation is 2. The average Bonchev–Trinajstić information content (AvgIpc) is 3.09. The van der Waals surface area contributed by atoms with Gasteiger partial charge in [-0.05, 0) is 37.1 Å². The highest BCUT2D eigenvalue weighted by molar-refractivity contribution is 7.17. The van der Waals surface area contributed by atoms with Gasteiger partial charge >= 0.3 is 0 Å².